The van der Waals surface area contributed by atoms with E-state index in [2.05, 4.69) is 0 Å². The third kappa shape index (κ3) is 3.32. The maximum Gasteiger partial charge on any atom is 0.331 e. The highest BCUT2D eigenvalue weighted by molar-refractivity contribution is 5.32. The molecule has 2 heterocycles. The number of nitrogens with zero attached hydrogens (tertiary/aromatic N) is 3. The number of ether oxygens (including phenoxy) is 1. The molecule has 2 aromatic rings. The molecule has 3 rings (SSSR count). The summed E-state index contributed by atoms with van der Waals surface area (Å²) >= 11 is 0. The van der Waals surface area contributed by atoms with Crippen LogP contribution in [0.1, 0.15) is 17.7 Å². The highest BCUT2D eigenvalue weighted by atomic mass is 19.1. The summed E-state index contributed by atoms with van der Waals surface area (Å²) in [6, 6.07) is 7.12. The van der Waals surface area contributed by atoms with Gasteiger partial charge in [0.1, 0.15) is 35.9 Å². The Morgan fingerprint density at radius 3 is 2.72 bits per heavy atom. The molecule has 7 nitrogen and oxygen atoms in total. The van der Waals surface area contributed by atoms with Gasteiger partial charge in [-0.1, -0.05) is 0 Å². The van der Waals surface area contributed by atoms with Crippen LogP contribution in [0.15, 0.2) is 33.9 Å². The SMILES string of the molecule is N#Cc1c2n(c(=O)n(CC(O)COc3ccc(F)cc3)c1=O)CCC2. The summed E-state index contributed by atoms with van der Waals surface area (Å²) < 4.78 is 20.4. The largest absolute Gasteiger partial charge is 0.491 e. The van der Waals surface area contributed by atoms with Gasteiger partial charge in [0, 0.05) is 12.2 Å². The molecule has 1 aromatic carbocycles. The number of fused-ring (bicyclic) bond motifs is 1. The zero-order chi connectivity index (χ0) is 18.0. The van der Waals surface area contributed by atoms with Crippen LogP contribution in [-0.4, -0.2) is 27.0 Å². The molecule has 130 valence electrons. The lowest BCUT2D eigenvalue weighted by Gasteiger charge is -2.15. The third-order valence-electron chi connectivity index (χ3n) is 4.09. The lowest BCUT2D eigenvalue weighted by Crippen LogP contribution is -2.44. The Kier molecular flexibility index (Phi) is 4.67. The van der Waals surface area contributed by atoms with Crippen molar-refractivity contribution < 1.29 is 14.2 Å². The van der Waals surface area contributed by atoms with Crippen molar-refractivity contribution in [1.29, 1.82) is 5.26 Å². The maximum atomic E-state index is 12.8. The van der Waals surface area contributed by atoms with Gasteiger partial charge in [-0.2, -0.15) is 5.26 Å². The summed E-state index contributed by atoms with van der Waals surface area (Å²) in [6.07, 6.45) is 0.0793. The molecular formula is C17H16FN3O4. The van der Waals surface area contributed by atoms with Gasteiger partial charge in [0.25, 0.3) is 5.56 Å². The van der Waals surface area contributed by atoms with Gasteiger partial charge in [-0.3, -0.25) is 13.9 Å². The van der Waals surface area contributed by atoms with E-state index in [0.29, 0.717) is 30.8 Å². The zero-order valence-electron chi connectivity index (χ0n) is 13.3. The van der Waals surface area contributed by atoms with E-state index in [-0.39, 0.29) is 18.7 Å². The molecule has 1 aliphatic heterocycles. The fraction of sp³-hybridized carbons (Fsp3) is 0.353. The molecule has 1 aromatic heterocycles. The van der Waals surface area contributed by atoms with E-state index in [9.17, 15) is 24.3 Å². The number of rotatable bonds is 5. The van der Waals surface area contributed by atoms with E-state index in [1.54, 1.807) is 0 Å². The average Bonchev–Trinajstić information content (AvgIpc) is 3.08. The van der Waals surface area contributed by atoms with Crippen LogP contribution in [0.25, 0.3) is 0 Å². The number of aliphatic hydroxyl groups excluding tert-OH is 1. The first kappa shape index (κ1) is 16.9. The number of aromatic nitrogens is 2. The van der Waals surface area contributed by atoms with Crippen molar-refractivity contribution in [2.75, 3.05) is 6.61 Å². The van der Waals surface area contributed by atoms with Crippen LogP contribution in [0.2, 0.25) is 0 Å². The Hall–Kier alpha value is -2.92. The Labute approximate surface area is 142 Å². The number of hydrogen-bond donors (Lipinski definition) is 1. The summed E-state index contributed by atoms with van der Waals surface area (Å²) in [5, 5.41) is 19.3. The Balaban J connectivity index is 1.79. The second-order valence-electron chi connectivity index (χ2n) is 5.81. The molecule has 8 heteroatoms. The zero-order valence-corrected chi connectivity index (χ0v) is 13.3. The van der Waals surface area contributed by atoms with Crippen LogP contribution in [0.5, 0.6) is 5.75 Å². The summed E-state index contributed by atoms with van der Waals surface area (Å²) in [7, 11) is 0. The Morgan fingerprint density at radius 1 is 1.32 bits per heavy atom. The van der Waals surface area contributed by atoms with Gasteiger partial charge in [0.15, 0.2) is 0 Å². The van der Waals surface area contributed by atoms with Gasteiger partial charge in [-0.25, -0.2) is 9.18 Å². The quantitative estimate of drug-likeness (QED) is 0.846. The standard InChI is InChI=1S/C17H16FN3O4/c18-11-3-5-13(6-4-11)25-10-12(22)9-21-16(23)14(8-19)15-2-1-7-20(15)17(21)24/h3-6,12,22H,1-2,7,9-10H2. The molecular weight excluding hydrogens is 329 g/mol. The van der Waals surface area contributed by atoms with Crippen molar-refractivity contribution in [3.63, 3.8) is 0 Å². The maximum absolute atomic E-state index is 12.8. The van der Waals surface area contributed by atoms with E-state index in [1.807, 2.05) is 6.07 Å². The first-order valence-electron chi connectivity index (χ1n) is 7.84. The van der Waals surface area contributed by atoms with E-state index >= 15 is 0 Å². The minimum Gasteiger partial charge on any atom is -0.491 e. The van der Waals surface area contributed by atoms with E-state index in [4.69, 9.17) is 4.74 Å². The van der Waals surface area contributed by atoms with Gasteiger partial charge in [0.2, 0.25) is 0 Å². The molecule has 0 saturated heterocycles. The molecule has 1 aliphatic rings. The van der Waals surface area contributed by atoms with Gasteiger partial charge < -0.3 is 9.84 Å². The van der Waals surface area contributed by atoms with Crippen molar-refractivity contribution in [3.8, 4) is 11.8 Å². The molecule has 0 aliphatic carbocycles. The van der Waals surface area contributed by atoms with Crippen molar-refractivity contribution in [2.45, 2.75) is 32.0 Å². The van der Waals surface area contributed by atoms with Gasteiger partial charge in [-0.15, -0.1) is 0 Å². The molecule has 0 amide bonds. The first-order valence-corrected chi connectivity index (χ1v) is 7.84. The van der Waals surface area contributed by atoms with Crippen molar-refractivity contribution >= 4 is 0 Å². The van der Waals surface area contributed by atoms with Crippen LogP contribution in [0.3, 0.4) is 0 Å². The molecule has 0 fully saturated rings. The van der Waals surface area contributed by atoms with Crippen LogP contribution in [-0.2, 0) is 19.5 Å². The topological polar surface area (TPSA) is 97.2 Å². The fourth-order valence-electron chi connectivity index (χ4n) is 2.90. The Bertz CT molecular complexity index is 941. The van der Waals surface area contributed by atoms with E-state index < -0.39 is 23.2 Å². The lowest BCUT2D eigenvalue weighted by molar-refractivity contribution is 0.0899. The predicted molar refractivity (Wildman–Crippen MR) is 85.9 cm³/mol. The molecule has 25 heavy (non-hydrogen) atoms. The summed E-state index contributed by atoms with van der Waals surface area (Å²) in [5.74, 6) is -0.0502. The molecule has 1 N–H and O–H groups in total. The molecule has 0 radical (unpaired) electrons. The van der Waals surface area contributed by atoms with Crippen molar-refractivity contribution in [1.82, 2.24) is 9.13 Å². The minimum atomic E-state index is -1.14. The van der Waals surface area contributed by atoms with Gasteiger partial charge in [0.05, 0.1) is 6.54 Å². The number of hydrogen-bond acceptors (Lipinski definition) is 5. The van der Waals surface area contributed by atoms with Crippen LogP contribution in [0, 0.1) is 17.1 Å². The van der Waals surface area contributed by atoms with Crippen LogP contribution < -0.4 is 16.0 Å². The van der Waals surface area contributed by atoms with Gasteiger partial charge in [-0.05, 0) is 37.1 Å². The highest BCUT2D eigenvalue weighted by Crippen LogP contribution is 2.14. The number of nitriles is 1. The van der Waals surface area contributed by atoms with E-state index in [0.717, 1.165) is 4.57 Å². The van der Waals surface area contributed by atoms with Crippen LogP contribution >= 0.6 is 0 Å². The predicted octanol–water partition coefficient (Wildman–Crippen LogP) is 0.407. The number of benzene rings is 1. The van der Waals surface area contributed by atoms with Crippen molar-refractivity contribution in [3.05, 3.63) is 62.2 Å². The van der Waals surface area contributed by atoms with Gasteiger partial charge >= 0.3 is 5.69 Å². The number of halogens is 1. The second-order valence-corrected chi connectivity index (χ2v) is 5.81. The number of aliphatic hydroxyl groups is 1. The smallest absolute Gasteiger partial charge is 0.331 e. The second kappa shape index (κ2) is 6.91. The normalized spacial score (nSPS) is 14.0. The molecule has 0 bridgehead atoms. The monoisotopic (exact) mass is 345 g/mol. The average molecular weight is 345 g/mol. The van der Waals surface area contributed by atoms with Crippen LogP contribution in [0.4, 0.5) is 4.39 Å². The fourth-order valence-corrected chi connectivity index (χ4v) is 2.90. The first-order chi connectivity index (χ1) is 12.0. The van der Waals surface area contributed by atoms with Crippen molar-refractivity contribution in [2.24, 2.45) is 0 Å². The molecule has 1 unspecified atom stereocenters. The summed E-state index contributed by atoms with van der Waals surface area (Å²) in [5.41, 5.74) is -0.812. The van der Waals surface area contributed by atoms with E-state index in [1.165, 1.54) is 28.8 Å². The minimum absolute atomic E-state index is 0.0521. The highest BCUT2D eigenvalue weighted by Gasteiger charge is 2.23. The third-order valence-corrected chi connectivity index (χ3v) is 4.09. The summed E-state index contributed by atoms with van der Waals surface area (Å²) in [4.78, 5) is 24.8. The Morgan fingerprint density at radius 2 is 2.04 bits per heavy atom. The molecule has 1 atom stereocenters. The summed E-state index contributed by atoms with van der Waals surface area (Å²) in [6.45, 7) is -0.0136. The molecule has 0 saturated carbocycles. The lowest BCUT2D eigenvalue weighted by atomic mass is 10.2. The molecule has 0 spiro atoms.